The summed E-state index contributed by atoms with van der Waals surface area (Å²) in [5, 5.41) is 22.5. The molecule has 2 N–H and O–H groups in total. The smallest absolute Gasteiger partial charge is 0.172 e. The van der Waals surface area contributed by atoms with Crippen molar-refractivity contribution >= 4 is 11.3 Å². The molecule has 0 aliphatic rings. The normalized spacial score (nSPS) is 9.11. The summed E-state index contributed by atoms with van der Waals surface area (Å²) in [4.78, 5) is 0. The molecule has 4 nitrogen and oxygen atoms in total. The molecule has 1 aromatic carbocycles. The summed E-state index contributed by atoms with van der Waals surface area (Å²) in [6, 6.07) is 3.35. The highest BCUT2D eigenvalue weighted by atomic mass is 19.2. The lowest BCUT2D eigenvalue weighted by molar-refractivity contribution is 0.434. The predicted octanol–water partition coefficient (Wildman–Crippen LogP) is 0.0313. The van der Waals surface area contributed by atoms with Gasteiger partial charge >= 0.3 is 0 Å². The molecule has 0 aliphatic carbocycles. The van der Waals surface area contributed by atoms with E-state index in [1.54, 1.807) is 0 Å². The molecule has 0 spiro atoms. The maximum atomic E-state index is 13.5. The molecule has 94 valence electrons. The molecular weight excluding hydrogens is 264 g/mol. The standard InChI is InChI=1S/C11H2F4N4/c12-8-6(4(1-16)2-17)9(13)11(15)7(10(8)14)5(19)3-18/h19H2. The van der Waals surface area contributed by atoms with Crippen molar-refractivity contribution in [2.45, 2.75) is 0 Å². The van der Waals surface area contributed by atoms with Gasteiger partial charge in [-0.3, -0.25) is 0 Å². The van der Waals surface area contributed by atoms with Crippen LogP contribution in [-0.2, 0) is 0 Å². The Morgan fingerprint density at radius 3 is 1.42 bits per heavy atom. The molecule has 0 atom stereocenters. The lowest BCUT2D eigenvalue weighted by atomic mass is 10.1. The van der Waals surface area contributed by atoms with E-state index in [1.165, 1.54) is 0 Å². The Labute approximate surface area is 103 Å². The lowest BCUT2D eigenvalue weighted by Crippen LogP contribution is -2.32. The highest BCUT2D eigenvalue weighted by Gasteiger charge is 2.21. The highest BCUT2D eigenvalue weighted by Crippen LogP contribution is 2.05. The summed E-state index contributed by atoms with van der Waals surface area (Å²) in [7, 11) is 0. The van der Waals surface area contributed by atoms with Crippen LogP contribution in [0.4, 0.5) is 17.6 Å². The first kappa shape index (κ1) is 14.0. The molecule has 0 unspecified atom stereocenters. The van der Waals surface area contributed by atoms with Crippen molar-refractivity contribution < 1.29 is 17.6 Å². The number of hydrogen-bond acceptors (Lipinski definition) is 4. The van der Waals surface area contributed by atoms with E-state index in [1.807, 2.05) is 0 Å². The Bertz CT molecular complexity index is 755. The van der Waals surface area contributed by atoms with Crippen LogP contribution in [0, 0.1) is 57.3 Å². The van der Waals surface area contributed by atoms with Gasteiger partial charge in [0.15, 0.2) is 23.3 Å². The molecule has 19 heavy (non-hydrogen) atoms. The molecule has 0 heterocycles. The minimum atomic E-state index is -1.97. The van der Waals surface area contributed by atoms with E-state index >= 15 is 0 Å². The molecule has 0 aromatic heterocycles. The van der Waals surface area contributed by atoms with Gasteiger partial charge in [0, 0.05) is 0 Å². The van der Waals surface area contributed by atoms with Gasteiger partial charge in [-0.2, -0.15) is 15.8 Å². The second kappa shape index (κ2) is 5.07. The number of halogens is 4. The van der Waals surface area contributed by atoms with Crippen LogP contribution in [0.15, 0.2) is 0 Å². The van der Waals surface area contributed by atoms with Gasteiger partial charge in [-0.1, -0.05) is 0 Å². The maximum absolute atomic E-state index is 13.5. The number of hydrogen-bond donors (Lipinski definition) is 1. The third-order valence-electron chi connectivity index (χ3n) is 2.13. The van der Waals surface area contributed by atoms with Gasteiger partial charge in [0.2, 0.25) is 0 Å². The first-order valence-electron chi connectivity index (χ1n) is 4.47. The van der Waals surface area contributed by atoms with Crippen molar-refractivity contribution in [2.75, 3.05) is 0 Å². The lowest BCUT2D eigenvalue weighted by Gasteiger charge is -2.01. The first-order chi connectivity index (χ1) is 8.90. The van der Waals surface area contributed by atoms with Crippen molar-refractivity contribution in [1.82, 2.24) is 0 Å². The van der Waals surface area contributed by atoms with Crippen LogP contribution in [0.1, 0.15) is 0 Å². The average molecular weight is 266 g/mol. The van der Waals surface area contributed by atoms with Gasteiger partial charge in [0.05, 0.1) is 10.4 Å². The zero-order valence-corrected chi connectivity index (χ0v) is 8.93. The van der Waals surface area contributed by atoms with Gasteiger partial charge in [-0.25, -0.2) is 17.6 Å². The third-order valence-corrected chi connectivity index (χ3v) is 2.13. The number of nitrogens with two attached hydrogens (primary N) is 1. The molecule has 8 heteroatoms. The second-order valence-corrected chi connectivity index (χ2v) is 3.13. The molecule has 0 radical (unpaired) electrons. The number of rotatable bonds is 0. The van der Waals surface area contributed by atoms with Crippen molar-refractivity contribution in [1.29, 1.82) is 15.8 Å². The van der Waals surface area contributed by atoms with E-state index in [0.29, 0.717) is 0 Å². The van der Waals surface area contributed by atoms with E-state index in [2.05, 4.69) is 0 Å². The van der Waals surface area contributed by atoms with Crippen molar-refractivity contribution in [3.8, 4) is 18.2 Å². The summed E-state index contributed by atoms with van der Waals surface area (Å²) in [6.07, 6.45) is 0. The number of nitrogens with zero attached hydrogens (tertiary/aromatic N) is 3. The van der Waals surface area contributed by atoms with Crippen molar-refractivity contribution in [3.05, 3.63) is 33.7 Å². The third kappa shape index (κ3) is 2.05. The molecule has 0 saturated carbocycles. The fraction of sp³-hybridized carbons (Fsp3) is 0. The van der Waals surface area contributed by atoms with Crippen LogP contribution in [-0.4, -0.2) is 0 Å². The fourth-order valence-electron chi connectivity index (χ4n) is 1.28. The molecule has 0 aliphatic heterocycles. The topological polar surface area (TPSA) is 97.4 Å². The Hall–Kier alpha value is -3.05. The molecule has 0 amide bonds. The highest BCUT2D eigenvalue weighted by molar-refractivity contribution is 5.72. The minimum Gasteiger partial charge on any atom is -0.390 e. The van der Waals surface area contributed by atoms with Crippen LogP contribution in [0.5, 0.6) is 0 Å². The van der Waals surface area contributed by atoms with E-state index in [-0.39, 0.29) is 0 Å². The van der Waals surface area contributed by atoms with Crippen LogP contribution < -0.4 is 16.2 Å². The Balaban J connectivity index is 4.28. The van der Waals surface area contributed by atoms with Gasteiger partial charge in [-0.15, -0.1) is 0 Å². The van der Waals surface area contributed by atoms with Gasteiger partial charge in [-0.05, 0) is 0 Å². The van der Waals surface area contributed by atoms with Crippen LogP contribution in [0.3, 0.4) is 0 Å². The van der Waals surface area contributed by atoms with E-state index in [9.17, 15) is 17.6 Å². The first-order valence-corrected chi connectivity index (χ1v) is 4.47. The van der Waals surface area contributed by atoms with E-state index in [0.717, 1.165) is 18.2 Å². The number of nitriles is 3. The summed E-state index contributed by atoms with van der Waals surface area (Å²) in [5.41, 5.74) is 2.71. The fourth-order valence-corrected chi connectivity index (χ4v) is 1.28. The molecule has 0 bridgehead atoms. The molecule has 0 saturated heterocycles. The summed E-state index contributed by atoms with van der Waals surface area (Å²) >= 11 is 0. The van der Waals surface area contributed by atoms with E-state index in [4.69, 9.17) is 21.5 Å². The zero-order valence-electron chi connectivity index (χ0n) is 8.93. The average Bonchev–Trinajstić information content (AvgIpc) is 2.41. The van der Waals surface area contributed by atoms with Crippen molar-refractivity contribution in [2.24, 2.45) is 5.73 Å². The number of benzene rings is 1. The monoisotopic (exact) mass is 266 g/mol. The van der Waals surface area contributed by atoms with Crippen LogP contribution in [0.25, 0.3) is 11.3 Å². The quantitative estimate of drug-likeness (QED) is 0.529. The van der Waals surface area contributed by atoms with Crippen LogP contribution in [0.2, 0.25) is 0 Å². The van der Waals surface area contributed by atoms with Gasteiger partial charge in [0.25, 0.3) is 0 Å². The van der Waals surface area contributed by atoms with E-state index < -0.39 is 45.0 Å². The SMILES string of the molecule is N#CC(N)=c1c(F)c(F)c(=C(C#N)C#N)c(F)c1F. The second-order valence-electron chi connectivity index (χ2n) is 3.13. The molecule has 1 rings (SSSR count). The van der Waals surface area contributed by atoms with Crippen LogP contribution >= 0.6 is 0 Å². The predicted molar refractivity (Wildman–Crippen MR) is 53.4 cm³/mol. The Morgan fingerprint density at radius 2 is 1.11 bits per heavy atom. The van der Waals surface area contributed by atoms with Gasteiger partial charge in [0.1, 0.15) is 29.5 Å². The Morgan fingerprint density at radius 1 is 0.737 bits per heavy atom. The molecular formula is C11H2F4N4. The molecule has 0 fully saturated rings. The molecule has 1 aromatic rings. The zero-order chi connectivity index (χ0) is 14.7. The van der Waals surface area contributed by atoms with Gasteiger partial charge < -0.3 is 5.73 Å². The van der Waals surface area contributed by atoms with Crippen molar-refractivity contribution in [3.63, 3.8) is 0 Å². The minimum absolute atomic E-state index is 1.07. The largest absolute Gasteiger partial charge is 0.390 e. The summed E-state index contributed by atoms with van der Waals surface area (Å²) in [6.45, 7) is 0. The summed E-state index contributed by atoms with van der Waals surface area (Å²) in [5.74, 6) is -7.83. The Kier molecular flexibility index (Phi) is 3.74. The maximum Gasteiger partial charge on any atom is 0.172 e. The summed E-state index contributed by atoms with van der Waals surface area (Å²) < 4.78 is 54.1.